The van der Waals surface area contributed by atoms with Crippen molar-refractivity contribution in [2.45, 2.75) is 25.8 Å². The van der Waals surface area contributed by atoms with Crippen molar-refractivity contribution in [3.8, 4) is 0 Å². The average molecular weight is 257 g/mol. The molecular formula is C13H21ClN2O. The second-order valence-corrected chi connectivity index (χ2v) is 4.86. The molecule has 1 aromatic heterocycles. The smallest absolute Gasteiger partial charge is 0.0621 e. The van der Waals surface area contributed by atoms with E-state index in [-0.39, 0.29) is 0 Å². The molecule has 3 nitrogen and oxygen atoms in total. The SMILES string of the molecule is CNC(Cc1ccncc1Cl)CC(C)COC. The van der Waals surface area contributed by atoms with Gasteiger partial charge in [-0.25, -0.2) is 0 Å². The Labute approximate surface area is 109 Å². The van der Waals surface area contributed by atoms with E-state index in [1.165, 1.54) is 0 Å². The van der Waals surface area contributed by atoms with E-state index in [0.29, 0.717) is 12.0 Å². The molecule has 0 spiro atoms. The molecule has 0 aliphatic heterocycles. The van der Waals surface area contributed by atoms with Gasteiger partial charge in [0.1, 0.15) is 0 Å². The van der Waals surface area contributed by atoms with Gasteiger partial charge in [0.2, 0.25) is 0 Å². The summed E-state index contributed by atoms with van der Waals surface area (Å²) in [6.07, 6.45) is 5.48. The van der Waals surface area contributed by atoms with Gasteiger partial charge in [-0.2, -0.15) is 0 Å². The minimum Gasteiger partial charge on any atom is -0.384 e. The van der Waals surface area contributed by atoms with Crippen LogP contribution in [0.25, 0.3) is 0 Å². The summed E-state index contributed by atoms with van der Waals surface area (Å²) in [5.41, 5.74) is 1.14. The fourth-order valence-electron chi connectivity index (χ4n) is 1.98. The van der Waals surface area contributed by atoms with Gasteiger partial charge < -0.3 is 10.1 Å². The van der Waals surface area contributed by atoms with Crippen molar-refractivity contribution in [3.63, 3.8) is 0 Å². The van der Waals surface area contributed by atoms with Crippen molar-refractivity contribution in [1.29, 1.82) is 0 Å². The minimum atomic E-state index is 0.417. The van der Waals surface area contributed by atoms with Crippen LogP contribution in [-0.4, -0.2) is 31.8 Å². The Kier molecular flexibility index (Phi) is 6.48. The molecule has 0 aliphatic carbocycles. The molecule has 1 aromatic rings. The Morgan fingerprint density at radius 1 is 1.53 bits per heavy atom. The van der Waals surface area contributed by atoms with Gasteiger partial charge >= 0.3 is 0 Å². The molecule has 0 amide bonds. The highest BCUT2D eigenvalue weighted by Gasteiger charge is 2.13. The molecule has 2 unspecified atom stereocenters. The van der Waals surface area contributed by atoms with Gasteiger partial charge in [0.15, 0.2) is 0 Å². The number of nitrogens with one attached hydrogen (secondary N) is 1. The summed E-state index contributed by atoms with van der Waals surface area (Å²) in [7, 11) is 3.73. The van der Waals surface area contributed by atoms with E-state index >= 15 is 0 Å². The standard InChI is InChI=1S/C13H21ClN2O/c1-10(9-17-3)6-12(15-2)7-11-4-5-16-8-13(11)14/h4-5,8,10,12,15H,6-7,9H2,1-3H3. The van der Waals surface area contributed by atoms with Crippen LogP contribution >= 0.6 is 11.6 Å². The molecule has 0 radical (unpaired) electrons. The fourth-order valence-corrected chi connectivity index (χ4v) is 2.17. The molecule has 17 heavy (non-hydrogen) atoms. The first kappa shape index (κ1) is 14.4. The largest absolute Gasteiger partial charge is 0.384 e. The maximum atomic E-state index is 6.11. The predicted octanol–water partition coefficient (Wildman–Crippen LogP) is 2.54. The van der Waals surface area contributed by atoms with Crippen LogP contribution in [-0.2, 0) is 11.2 Å². The van der Waals surface area contributed by atoms with E-state index in [2.05, 4.69) is 17.2 Å². The highest BCUT2D eigenvalue weighted by Crippen LogP contribution is 2.18. The van der Waals surface area contributed by atoms with Crippen LogP contribution in [0.1, 0.15) is 18.9 Å². The Hall–Kier alpha value is -0.640. The number of methoxy groups -OCH3 is 1. The van der Waals surface area contributed by atoms with Crippen molar-refractivity contribution in [2.75, 3.05) is 20.8 Å². The van der Waals surface area contributed by atoms with Gasteiger partial charge in [-0.1, -0.05) is 18.5 Å². The van der Waals surface area contributed by atoms with Gasteiger partial charge in [-0.3, -0.25) is 4.98 Å². The van der Waals surface area contributed by atoms with Crippen molar-refractivity contribution in [1.82, 2.24) is 10.3 Å². The molecule has 0 fully saturated rings. The van der Waals surface area contributed by atoms with E-state index in [1.54, 1.807) is 19.5 Å². The number of ether oxygens (including phenoxy) is 1. The number of hydrogen-bond acceptors (Lipinski definition) is 3. The quantitative estimate of drug-likeness (QED) is 0.814. The lowest BCUT2D eigenvalue weighted by Gasteiger charge is -2.20. The van der Waals surface area contributed by atoms with Crippen molar-refractivity contribution < 1.29 is 4.74 Å². The molecule has 0 aliphatic rings. The summed E-state index contributed by atoms with van der Waals surface area (Å²) >= 11 is 6.11. The van der Waals surface area contributed by atoms with Crippen LogP contribution in [0.15, 0.2) is 18.5 Å². The lowest BCUT2D eigenvalue weighted by atomic mass is 9.97. The third-order valence-electron chi connectivity index (χ3n) is 2.87. The molecule has 0 aromatic carbocycles. The van der Waals surface area contributed by atoms with Gasteiger partial charge in [-0.05, 0) is 37.4 Å². The lowest BCUT2D eigenvalue weighted by molar-refractivity contribution is 0.150. The van der Waals surface area contributed by atoms with Gasteiger partial charge in [0, 0.05) is 32.2 Å². The maximum Gasteiger partial charge on any atom is 0.0621 e. The number of nitrogens with zero attached hydrogens (tertiary/aromatic N) is 1. The summed E-state index contributed by atoms with van der Waals surface area (Å²) in [5.74, 6) is 0.540. The zero-order valence-electron chi connectivity index (χ0n) is 10.7. The fraction of sp³-hybridized carbons (Fsp3) is 0.615. The van der Waals surface area contributed by atoms with E-state index in [4.69, 9.17) is 16.3 Å². The number of rotatable bonds is 7. The Morgan fingerprint density at radius 2 is 2.29 bits per heavy atom. The molecule has 0 saturated heterocycles. The highest BCUT2D eigenvalue weighted by atomic mass is 35.5. The number of pyridine rings is 1. The van der Waals surface area contributed by atoms with Crippen LogP contribution < -0.4 is 5.32 Å². The molecule has 0 saturated carbocycles. The Balaban J connectivity index is 2.55. The van der Waals surface area contributed by atoms with Crippen LogP contribution in [0.5, 0.6) is 0 Å². The normalized spacial score (nSPS) is 14.6. The molecule has 1 rings (SSSR count). The molecule has 1 heterocycles. The first-order chi connectivity index (χ1) is 8.17. The molecule has 1 N–H and O–H groups in total. The number of halogens is 1. The van der Waals surface area contributed by atoms with Gasteiger partial charge in [0.25, 0.3) is 0 Å². The zero-order chi connectivity index (χ0) is 12.7. The van der Waals surface area contributed by atoms with Crippen LogP contribution in [0.2, 0.25) is 5.02 Å². The Bertz CT molecular complexity index is 333. The second kappa shape index (κ2) is 7.64. The maximum absolute atomic E-state index is 6.11. The van der Waals surface area contributed by atoms with E-state index in [9.17, 15) is 0 Å². The first-order valence-electron chi connectivity index (χ1n) is 5.92. The third kappa shape index (κ3) is 5.02. The van der Waals surface area contributed by atoms with Crippen molar-refractivity contribution in [3.05, 3.63) is 29.0 Å². The van der Waals surface area contributed by atoms with Crippen LogP contribution in [0, 0.1) is 5.92 Å². The summed E-state index contributed by atoms with van der Waals surface area (Å²) in [4.78, 5) is 4.00. The monoisotopic (exact) mass is 256 g/mol. The third-order valence-corrected chi connectivity index (χ3v) is 3.21. The van der Waals surface area contributed by atoms with Crippen molar-refractivity contribution >= 4 is 11.6 Å². The number of hydrogen-bond donors (Lipinski definition) is 1. The van der Waals surface area contributed by atoms with E-state index in [0.717, 1.165) is 30.0 Å². The summed E-state index contributed by atoms with van der Waals surface area (Å²) in [6.45, 7) is 2.99. The van der Waals surface area contributed by atoms with Crippen molar-refractivity contribution in [2.24, 2.45) is 5.92 Å². The number of likely N-dealkylation sites (N-methyl/N-ethyl adjacent to an activating group) is 1. The van der Waals surface area contributed by atoms with Crippen LogP contribution in [0.3, 0.4) is 0 Å². The lowest BCUT2D eigenvalue weighted by Crippen LogP contribution is -2.30. The van der Waals surface area contributed by atoms with E-state index in [1.807, 2.05) is 13.1 Å². The average Bonchev–Trinajstić information content (AvgIpc) is 2.31. The van der Waals surface area contributed by atoms with Gasteiger partial charge in [-0.15, -0.1) is 0 Å². The Morgan fingerprint density at radius 3 is 2.88 bits per heavy atom. The summed E-state index contributed by atoms with van der Waals surface area (Å²) in [6, 6.07) is 2.40. The van der Waals surface area contributed by atoms with E-state index < -0.39 is 0 Å². The molecule has 4 heteroatoms. The predicted molar refractivity (Wildman–Crippen MR) is 71.5 cm³/mol. The topological polar surface area (TPSA) is 34.2 Å². The van der Waals surface area contributed by atoms with Gasteiger partial charge in [0.05, 0.1) is 5.02 Å². The molecular weight excluding hydrogens is 236 g/mol. The molecule has 0 bridgehead atoms. The zero-order valence-corrected chi connectivity index (χ0v) is 11.5. The summed E-state index contributed by atoms with van der Waals surface area (Å²) < 4.78 is 5.16. The minimum absolute atomic E-state index is 0.417. The highest BCUT2D eigenvalue weighted by molar-refractivity contribution is 6.31. The second-order valence-electron chi connectivity index (χ2n) is 4.45. The molecule has 96 valence electrons. The first-order valence-corrected chi connectivity index (χ1v) is 6.29. The van der Waals surface area contributed by atoms with Crippen LogP contribution in [0.4, 0.5) is 0 Å². The summed E-state index contributed by atoms with van der Waals surface area (Å²) in [5, 5.41) is 4.08. The molecule has 2 atom stereocenters. The number of aromatic nitrogens is 1.